The van der Waals surface area contributed by atoms with Crippen LogP contribution >= 0.6 is 23.2 Å². The topological polar surface area (TPSA) is 17.1 Å². The number of rotatable bonds is 2. The molecule has 0 aromatic heterocycles. The Hall–Kier alpha value is -0.0100. The van der Waals surface area contributed by atoms with Gasteiger partial charge in [0.05, 0.1) is 5.88 Å². The van der Waals surface area contributed by atoms with Crippen molar-refractivity contribution in [1.82, 2.24) is 0 Å². The highest BCUT2D eigenvalue weighted by Crippen LogP contribution is 1.93. The third-order valence-corrected chi connectivity index (χ3v) is 1.03. The molecule has 0 bridgehead atoms. The second-order valence-electron chi connectivity index (χ2n) is 0.936. The summed E-state index contributed by atoms with van der Waals surface area (Å²) in [6, 6.07) is 0. The number of hydrogen-bond acceptors (Lipinski definition) is 1. The summed E-state index contributed by atoms with van der Waals surface area (Å²) in [4.78, 5) is 9.73. The molecule has 1 nitrogen and oxygen atoms in total. The molecule has 7 heavy (non-hydrogen) atoms. The minimum Gasteiger partial charge on any atom is -0.298 e. The van der Waals surface area contributed by atoms with Crippen molar-refractivity contribution >= 4 is 29.5 Å². The van der Waals surface area contributed by atoms with Gasteiger partial charge < -0.3 is 0 Å². The zero-order valence-corrected chi connectivity index (χ0v) is 5.04. The van der Waals surface area contributed by atoms with Crippen LogP contribution in [-0.2, 0) is 4.79 Å². The van der Waals surface area contributed by atoms with Crippen molar-refractivity contribution < 1.29 is 4.79 Å². The first-order chi connectivity index (χ1) is 3.35. The maximum absolute atomic E-state index is 9.73. The van der Waals surface area contributed by atoms with Crippen LogP contribution in [0, 0.1) is 0 Å². The van der Waals surface area contributed by atoms with Crippen LogP contribution in [0.1, 0.15) is 0 Å². The summed E-state index contributed by atoms with van der Waals surface area (Å²) in [6.45, 7) is 0. The minimum absolute atomic E-state index is 0.188. The maximum Gasteiger partial charge on any atom is 0.148 e. The van der Waals surface area contributed by atoms with E-state index in [9.17, 15) is 4.79 Å². The van der Waals surface area contributed by atoms with Crippen molar-refractivity contribution in [3.05, 3.63) is 11.1 Å². The summed E-state index contributed by atoms with van der Waals surface area (Å²) >= 11 is 10.3. The fourth-order valence-electron chi connectivity index (χ4n) is 0.0864. The van der Waals surface area contributed by atoms with Gasteiger partial charge in [0.15, 0.2) is 0 Å². The largest absolute Gasteiger partial charge is 0.298 e. The average Bonchev–Trinajstić information content (AvgIpc) is 1.72. The van der Waals surface area contributed by atoms with E-state index in [1.165, 1.54) is 5.54 Å². The van der Waals surface area contributed by atoms with Gasteiger partial charge in [-0.25, -0.2) is 0 Å². The SMILES string of the molecule is O=CC(=CCl)CCl. The lowest BCUT2D eigenvalue weighted by Crippen LogP contribution is -1.81. The van der Waals surface area contributed by atoms with Crippen LogP contribution in [0.25, 0.3) is 0 Å². The van der Waals surface area contributed by atoms with E-state index in [1.54, 1.807) is 0 Å². The second kappa shape index (κ2) is 4.16. The summed E-state index contributed by atoms with van der Waals surface area (Å²) in [5, 5.41) is 0. The van der Waals surface area contributed by atoms with Crippen molar-refractivity contribution in [2.24, 2.45) is 0 Å². The maximum atomic E-state index is 9.73. The Morgan fingerprint density at radius 1 is 1.71 bits per heavy atom. The first-order valence-electron chi connectivity index (χ1n) is 1.65. The summed E-state index contributed by atoms with van der Waals surface area (Å²) < 4.78 is 0. The number of halogens is 2. The van der Waals surface area contributed by atoms with E-state index in [0.717, 1.165) is 0 Å². The smallest absolute Gasteiger partial charge is 0.148 e. The van der Waals surface area contributed by atoms with Crippen LogP contribution in [0.4, 0.5) is 0 Å². The van der Waals surface area contributed by atoms with Crippen molar-refractivity contribution in [3.8, 4) is 0 Å². The number of allylic oxidation sites excluding steroid dienone is 1. The van der Waals surface area contributed by atoms with E-state index in [4.69, 9.17) is 23.2 Å². The zero-order valence-electron chi connectivity index (χ0n) is 3.53. The van der Waals surface area contributed by atoms with Crippen molar-refractivity contribution in [2.45, 2.75) is 0 Å². The van der Waals surface area contributed by atoms with Gasteiger partial charge in [-0.2, -0.15) is 0 Å². The Morgan fingerprint density at radius 3 is 2.29 bits per heavy atom. The molecule has 40 valence electrons. The standard InChI is InChI=1S/C4H4Cl2O/c5-1-4(2-6)3-7/h1,3H,2H2. The molecule has 0 atom stereocenters. The van der Waals surface area contributed by atoms with Crippen LogP contribution in [0.2, 0.25) is 0 Å². The number of carbonyl (C=O) groups is 1. The van der Waals surface area contributed by atoms with Gasteiger partial charge >= 0.3 is 0 Å². The summed E-state index contributed by atoms with van der Waals surface area (Å²) in [5.41, 5.74) is 1.57. The lowest BCUT2D eigenvalue weighted by Gasteiger charge is -1.80. The van der Waals surface area contributed by atoms with Crippen LogP contribution in [0.15, 0.2) is 11.1 Å². The summed E-state index contributed by atoms with van der Waals surface area (Å²) in [7, 11) is 0. The molecule has 0 N–H and O–H groups in total. The Labute approximate surface area is 51.9 Å². The predicted molar refractivity (Wildman–Crippen MR) is 30.7 cm³/mol. The Kier molecular flexibility index (Phi) is 4.15. The van der Waals surface area contributed by atoms with Gasteiger partial charge in [-0.05, 0) is 0 Å². The molecule has 0 aromatic rings. The minimum atomic E-state index is 0.188. The molecule has 0 spiro atoms. The molecular weight excluding hydrogens is 135 g/mol. The number of alkyl halides is 1. The molecule has 0 aromatic carbocycles. The summed E-state index contributed by atoms with van der Waals surface area (Å²) in [5.74, 6) is 0.188. The lowest BCUT2D eigenvalue weighted by atomic mass is 10.4. The Bertz CT molecular complexity index is 87.7. The third kappa shape index (κ3) is 2.66. The van der Waals surface area contributed by atoms with Gasteiger partial charge in [-0.3, -0.25) is 4.79 Å². The second-order valence-corrected chi connectivity index (χ2v) is 1.42. The molecule has 0 heterocycles. The molecule has 0 aliphatic carbocycles. The first kappa shape index (κ1) is 6.99. The molecule has 0 radical (unpaired) electrons. The molecule has 0 aliphatic heterocycles. The quantitative estimate of drug-likeness (QED) is 0.322. The van der Waals surface area contributed by atoms with Gasteiger partial charge in [0.1, 0.15) is 6.29 Å². The molecule has 3 heteroatoms. The van der Waals surface area contributed by atoms with E-state index in [2.05, 4.69) is 0 Å². The van der Waals surface area contributed by atoms with Gasteiger partial charge in [-0.1, -0.05) is 11.6 Å². The van der Waals surface area contributed by atoms with Crippen molar-refractivity contribution in [2.75, 3.05) is 5.88 Å². The molecule has 0 fully saturated rings. The highest BCUT2D eigenvalue weighted by molar-refractivity contribution is 6.29. The number of aldehydes is 1. The molecule has 0 aliphatic rings. The number of carbonyl (C=O) groups excluding carboxylic acids is 1. The molecular formula is C4H4Cl2O. The molecule has 0 unspecified atom stereocenters. The molecule has 0 saturated carbocycles. The monoisotopic (exact) mass is 138 g/mol. The van der Waals surface area contributed by atoms with Crippen LogP contribution in [0.5, 0.6) is 0 Å². The van der Waals surface area contributed by atoms with Crippen LogP contribution < -0.4 is 0 Å². The Balaban J connectivity index is 3.60. The lowest BCUT2D eigenvalue weighted by molar-refractivity contribution is -0.104. The van der Waals surface area contributed by atoms with Crippen LogP contribution in [0.3, 0.4) is 0 Å². The fraction of sp³-hybridized carbons (Fsp3) is 0.250. The van der Waals surface area contributed by atoms with E-state index >= 15 is 0 Å². The normalized spacial score (nSPS) is 11.4. The average molecular weight is 139 g/mol. The molecule has 0 saturated heterocycles. The summed E-state index contributed by atoms with van der Waals surface area (Å²) in [6.07, 6.45) is 0.625. The third-order valence-electron chi connectivity index (χ3n) is 0.446. The molecule has 0 amide bonds. The van der Waals surface area contributed by atoms with E-state index in [0.29, 0.717) is 11.9 Å². The highest BCUT2D eigenvalue weighted by Gasteiger charge is 1.85. The predicted octanol–water partition coefficient (Wildman–Crippen LogP) is 1.55. The number of hydrogen-bond donors (Lipinski definition) is 0. The first-order valence-corrected chi connectivity index (χ1v) is 2.62. The van der Waals surface area contributed by atoms with Gasteiger partial charge in [0.25, 0.3) is 0 Å². The molecule has 0 rings (SSSR count). The van der Waals surface area contributed by atoms with E-state index in [1.807, 2.05) is 0 Å². The van der Waals surface area contributed by atoms with Gasteiger partial charge in [-0.15, -0.1) is 11.6 Å². The van der Waals surface area contributed by atoms with E-state index < -0.39 is 0 Å². The van der Waals surface area contributed by atoms with Crippen LogP contribution in [-0.4, -0.2) is 12.2 Å². The fourth-order valence-corrected chi connectivity index (χ4v) is 0.434. The Morgan fingerprint density at radius 2 is 2.29 bits per heavy atom. The zero-order chi connectivity index (χ0) is 5.70. The van der Waals surface area contributed by atoms with Gasteiger partial charge in [0.2, 0.25) is 0 Å². The van der Waals surface area contributed by atoms with Crippen molar-refractivity contribution in [3.63, 3.8) is 0 Å². The van der Waals surface area contributed by atoms with Crippen molar-refractivity contribution in [1.29, 1.82) is 0 Å². The van der Waals surface area contributed by atoms with E-state index in [-0.39, 0.29) is 5.88 Å². The van der Waals surface area contributed by atoms with Gasteiger partial charge in [0, 0.05) is 11.1 Å². The highest BCUT2D eigenvalue weighted by atomic mass is 35.5.